The van der Waals surface area contributed by atoms with Crippen molar-refractivity contribution in [2.24, 2.45) is 0 Å². The zero-order chi connectivity index (χ0) is 8.53. The maximum absolute atomic E-state index is 10.5. The first-order valence-corrected chi connectivity index (χ1v) is 3.72. The molecule has 0 saturated carbocycles. The van der Waals surface area contributed by atoms with Gasteiger partial charge < -0.3 is 5.32 Å². The molecule has 0 rings (SSSR count). The van der Waals surface area contributed by atoms with E-state index in [1.54, 1.807) is 0 Å². The Kier molecular flexibility index (Phi) is 6.37. The van der Waals surface area contributed by atoms with E-state index in [0.29, 0.717) is 6.54 Å². The lowest BCUT2D eigenvalue weighted by Crippen LogP contribution is -2.34. The lowest BCUT2D eigenvalue weighted by Gasteiger charge is -2.00. The number of nitrogens with one attached hydrogen (secondary N) is 2. The highest BCUT2D eigenvalue weighted by Crippen LogP contribution is 1.90. The van der Waals surface area contributed by atoms with Gasteiger partial charge in [-0.2, -0.15) is 0 Å². The molecular formula is C7H13N2O2. The van der Waals surface area contributed by atoms with Gasteiger partial charge in [0, 0.05) is 6.54 Å². The molecule has 0 aromatic rings. The Morgan fingerprint density at radius 3 is 2.73 bits per heavy atom. The van der Waals surface area contributed by atoms with Gasteiger partial charge in [-0.3, -0.25) is 10.1 Å². The minimum Gasteiger partial charge on any atom is -0.338 e. The molecule has 0 atom stereocenters. The van der Waals surface area contributed by atoms with Crippen LogP contribution in [-0.4, -0.2) is 19.0 Å². The highest BCUT2D eigenvalue weighted by atomic mass is 16.2. The molecule has 63 valence electrons. The van der Waals surface area contributed by atoms with Crippen molar-refractivity contribution < 1.29 is 9.59 Å². The molecule has 0 aromatic carbocycles. The van der Waals surface area contributed by atoms with Gasteiger partial charge in [0.25, 0.3) is 0 Å². The third kappa shape index (κ3) is 6.83. The maximum atomic E-state index is 10.5. The molecule has 4 heteroatoms. The lowest BCUT2D eigenvalue weighted by atomic mass is 10.2. The van der Waals surface area contributed by atoms with E-state index in [1.807, 2.05) is 5.32 Å². The average Bonchev–Trinajstić information content (AvgIpc) is 1.99. The van der Waals surface area contributed by atoms with Crippen LogP contribution in [0.1, 0.15) is 26.2 Å². The van der Waals surface area contributed by atoms with Gasteiger partial charge in [0.15, 0.2) is 0 Å². The first kappa shape index (κ1) is 9.94. The van der Waals surface area contributed by atoms with Gasteiger partial charge in [-0.25, -0.2) is 4.79 Å². The maximum Gasteiger partial charge on any atom is 0.321 e. The Balaban J connectivity index is 3.10. The molecule has 0 fully saturated rings. The molecule has 1 radical (unpaired) electrons. The van der Waals surface area contributed by atoms with Crippen LogP contribution < -0.4 is 10.6 Å². The predicted octanol–water partition coefficient (Wildman–Crippen LogP) is 0.543. The van der Waals surface area contributed by atoms with E-state index in [4.69, 9.17) is 0 Å². The highest BCUT2D eigenvalue weighted by molar-refractivity contribution is 5.84. The van der Waals surface area contributed by atoms with Crippen molar-refractivity contribution in [1.29, 1.82) is 0 Å². The average molecular weight is 157 g/mol. The van der Waals surface area contributed by atoms with Gasteiger partial charge in [-0.05, 0) is 6.42 Å². The van der Waals surface area contributed by atoms with E-state index in [1.165, 1.54) is 6.41 Å². The van der Waals surface area contributed by atoms with Crippen molar-refractivity contribution in [1.82, 2.24) is 10.6 Å². The van der Waals surface area contributed by atoms with Crippen LogP contribution in [-0.2, 0) is 4.79 Å². The van der Waals surface area contributed by atoms with E-state index in [-0.39, 0.29) is 0 Å². The van der Waals surface area contributed by atoms with Crippen LogP contribution in [0.25, 0.3) is 0 Å². The number of carbonyl (C=O) groups is 1. The number of amides is 3. The predicted molar refractivity (Wildman–Crippen MR) is 41.8 cm³/mol. The molecule has 0 heterocycles. The Labute approximate surface area is 66.4 Å². The number of unbranched alkanes of at least 4 members (excludes halogenated alkanes) is 2. The van der Waals surface area contributed by atoms with Crippen molar-refractivity contribution in [2.45, 2.75) is 26.2 Å². The van der Waals surface area contributed by atoms with Crippen LogP contribution >= 0.6 is 0 Å². The topological polar surface area (TPSA) is 58.2 Å². The quantitative estimate of drug-likeness (QED) is 0.452. The van der Waals surface area contributed by atoms with Crippen LogP contribution in [0.2, 0.25) is 0 Å². The second-order valence-corrected chi connectivity index (χ2v) is 2.19. The van der Waals surface area contributed by atoms with Gasteiger partial charge in [0.05, 0.1) is 0 Å². The molecule has 2 N–H and O–H groups in total. The van der Waals surface area contributed by atoms with Gasteiger partial charge in [-0.1, -0.05) is 19.8 Å². The second-order valence-electron chi connectivity index (χ2n) is 2.19. The van der Waals surface area contributed by atoms with Crippen molar-refractivity contribution in [3.63, 3.8) is 0 Å². The van der Waals surface area contributed by atoms with Gasteiger partial charge >= 0.3 is 12.4 Å². The van der Waals surface area contributed by atoms with E-state index in [0.717, 1.165) is 19.3 Å². The highest BCUT2D eigenvalue weighted by Gasteiger charge is 1.95. The SMILES string of the molecule is CCCCCNC(=O)N[C]=O. The number of hydrogen-bond acceptors (Lipinski definition) is 2. The summed E-state index contributed by atoms with van der Waals surface area (Å²) < 4.78 is 0. The van der Waals surface area contributed by atoms with Crippen molar-refractivity contribution in [3.05, 3.63) is 0 Å². The number of imide groups is 1. The van der Waals surface area contributed by atoms with Crippen LogP contribution in [0.3, 0.4) is 0 Å². The minimum absolute atomic E-state index is 0.476. The monoisotopic (exact) mass is 157 g/mol. The summed E-state index contributed by atoms with van der Waals surface area (Å²) in [5.74, 6) is 0. The normalized spacial score (nSPS) is 8.82. The van der Waals surface area contributed by atoms with Gasteiger partial charge in [0.1, 0.15) is 0 Å². The standard InChI is InChI=1S/C7H13N2O2/c1-2-3-4-5-8-7(11)9-6-10/h2-5H2,1H3,(H2,8,9,10,11). The van der Waals surface area contributed by atoms with Crippen molar-refractivity contribution in [3.8, 4) is 0 Å². The Hall–Kier alpha value is -1.06. The van der Waals surface area contributed by atoms with Gasteiger partial charge in [0.2, 0.25) is 0 Å². The Morgan fingerprint density at radius 1 is 1.45 bits per heavy atom. The zero-order valence-corrected chi connectivity index (χ0v) is 6.64. The molecule has 0 spiro atoms. The third-order valence-electron chi connectivity index (χ3n) is 1.23. The summed E-state index contributed by atoms with van der Waals surface area (Å²) in [4.78, 5) is 20.1. The Morgan fingerprint density at radius 2 is 2.18 bits per heavy atom. The van der Waals surface area contributed by atoms with Gasteiger partial charge in [-0.15, -0.1) is 0 Å². The number of carbonyl (C=O) groups excluding carboxylic acids is 2. The fraction of sp³-hybridized carbons (Fsp3) is 0.714. The summed E-state index contributed by atoms with van der Waals surface area (Å²) in [5, 5.41) is 4.37. The molecule has 0 unspecified atom stereocenters. The minimum atomic E-state index is -0.476. The number of rotatable bonds is 5. The third-order valence-corrected chi connectivity index (χ3v) is 1.23. The molecule has 0 aliphatic rings. The van der Waals surface area contributed by atoms with E-state index in [9.17, 15) is 9.59 Å². The van der Waals surface area contributed by atoms with Crippen LogP contribution in [0, 0.1) is 0 Å². The largest absolute Gasteiger partial charge is 0.338 e. The molecule has 0 saturated heterocycles. The smallest absolute Gasteiger partial charge is 0.321 e. The summed E-state index contributed by atoms with van der Waals surface area (Å²) in [6, 6.07) is -0.476. The summed E-state index contributed by atoms with van der Waals surface area (Å²) in [6.45, 7) is 2.70. The number of hydrogen-bond donors (Lipinski definition) is 2. The second kappa shape index (κ2) is 7.05. The fourth-order valence-corrected chi connectivity index (χ4v) is 0.667. The molecular weight excluding hydrogens is 144 g/mol. The summed E-state index contributed by atoms with van der Waals surface area (Å²) in [7, 11) is 0. The number of urea groups is 1. The molecule has 0 aliphatic heterocycles. The van der Waals surface area contributed by atoms with E-state index in [2.05, 4.69) is 12.2 Å². The zero-order valence-electron chi connectivity index (χ0n) is 6.64. The molecule has 3 amide bonds. The summed E-state index contributed by atoms with van der Waals surface area (Å²) in [5.41, 5.74) is 0. The Bertz CT molecular complexity index is 126. The van der Waals surface area contributed by atoms with E-state index >= 15 is 0 Å². The molecule has 0 bridgehead atoms. The molecule has 0 aromatic heterocycles. The lowest BCUT2D eigenvalue weighted by molar-refractivity contribution is 0.244. The molecule has 4 nitrogen and oxygen atoms in total. The first-order valence-electron chi connectivity index (χ1n) is 3.72. The molecule has 11 heavy (non-hydrogen) atoms. The summed E-state index contributed by atoms with van der Waals surface area (Å²) in [6.07, 6.45) is 4.45. The van der Waals surface area contributed by atoms with Crippen molar-refractivity contribution >= 4 is 12.4 Å². The van der Waals surface area contributed by atoms with Crippen LogP contribution in [0.5, 0.6) is 0 Å². The summed E-state index contributed by atoms with van der Waals surface area (Å²) >= 11 is 0. The molecule has 0 aliphatic carbocycles. The van der Waals surface area contributed by atoms with Crippen LogP contribution in [0.4, 0.5) is 4.79 Å². The van der Waals surface area contributed by atoms with Crippen LogP contribution in [0.15, 0.2) is 0 Å². The van der Waals surface area contributed by atoms with E-state index < -0.39 is 6.03 Å². The fourth-order valence-electron chi connectivity index (χ4n) is 0.667. The van der Waals surface area contributed by atoms with Crippen molar-refractivity contribution in [2.75, 3.05) is 6.54 Å². The first-order chi connectivity index (χ1) is 5.31.